The van der Waals surface area contributed by atoms with Gasteiger partial charge in [-0.15, -0.1) is 0 Å². The molecule has 0 bridgehead atoms. The van der Waals surface area contributed by atoms with E-state index >= 15 is 0 Å². The molecule has 0 aliphatic rings. The molecule has 0 amide bonds. The van der Waals surface area contributed by atoms with E-state index in [9.17, 15) is 13.0 Å². The van der Waals surface area contributed by atoms with Gasteiger partial charge in [-0.3, -0.25) is 4.57 Å². The first-order chi connectivity index (χ1) is 12.7. The molecule has 0 saturated carbocycles. The fourth-order valence-corrected chi connectivity index (χ4v) is 5.01. The molecule has 10 heteroatoms. The number of primary sulfonamides is 1. The third kappa shape index (κ3) is 5.78. The molecule has 0 fully saturated rings. The summed E-state index contributed by atoms with van der Waals surface area (Å²) in [6.07, 6.45) is 0. The van der Waals surface area contributed by atoms with Gasteiger partial charge in [0, 0.05) is 10.7 Å². The fourth-order valence-electron chi connectivity index (χ4n) is 2.43. The summed E-state index contributed by atoms with van der Waals surface area (Å²) in [5.41, 5.74) is 1.18. The van der Waals surface area contributed by atoms with Crippen LogP contribution in [0.25, 0.3) is 0 Å². The van der Waals surface area contributed by atoms with Gasteiger partial charge >= 0.3 is 7.60 Å². The topological polar surface area (TPSA) is 108 Å². The van der Waals surface area contributed by atoms with Gasteiger partial charge in [-0.05, 0) is 55.8 Å². The van der Waals surface area contributed by atoms with Crippen molar-refractivity contribution in [2.45, 2.75) is 24.5 Å². The molecule has 2 aromatic rings. The molecule has 0 heterocycles. The smallest absolute Gasteiger partial charge is 0.357 e. The van der Waals surface area contributed by atoms with Crippen LogP contribution in [0, 0.1) is 0 Å². The Morgan fingerprint density at radius 1 is 1.04 bits per heavy atom. The predicted molar refractivity (Wildman–Crippen MR) is 106 cm³/mol. The largest absolute Gasteiger partial charge is 0.368 e. The Kier molecular flexibility index (Phi) is 7.45. The van der Waals surface area contributed by atoms with E-state index in [4.69, 9.17) is 25.8 Å². The minimum absolute atomic E-state index is 0.0195. The average molecular weight is 433 g/mol. The molecule has 0 aliphatic heterocycles. The number of hydrogen-bond acceptors (Lipinski definition) is 6. The van der Waals surface area contributed by atoms with Crippen molar-refractivity contribution in [3.05, 3.63) is 59.1 Å². The van der Waals surface area contributed by atoms with Crippen LogP contribution in [0.5, 0.6) is 0 Å². The quantitative estimate of drug-likeness (QED) is 0.570. The van der Waals surface area contributed by atoms with Crippen LogP contribution in [0.1, 0.15) is 25.2 Å². The third-order valence-corrected chi connectivity index (χ3v) is 7.08. The minimum Gasteiger partial charge on any atom is -0.368 e. The highest BCUT2D eigenvalue weighted by molar-refractivity contribution is 7.89. The van der Waals surface area contributed by atoms with Gasteiger partial charge in [-0.2, -0.15) is 0 Å². The number of halogens is 1. The lowest BCUT2D eigenvalue weighted by Gasteiger charge is -2.28. The molecule has 27 heavy (non-hydrogen) atoms. The Bertz CT molecular complexity index is 894. The molecule has 0 aromatic heterocycles. The number of anilines is 1. The molecule has 2 rings (SSSR count). The van der Waals surface area contributed by atoms with Crippen molar-refractivity contribution in [2.24, 2.45) is 5.14 Å². The zero-order chi connectivity index (χ0) is 20.1. The van der Waals surface area contributed by atoms with Gasteiger partial charge in [0.15, 0.2) is 5.78 Å². The van der Waals surface area contributed by atoms with Gasteiger partial charge in [0.1, 0.15) is 0 Å². The summed E-state index contributed by atoms with van der Waals surface area (Å²) in [6.45, 7) is 3.86. The Hall–Kier alpha value is -1.41. The second-order valence-corrected chi connectivity index (χ2v) is 9.65. The maximum absolute atomic E-state index is 13.4. The van der Waals surface area contributed by atoms with E-state index in [-0.39, 0.29) is 18.1 Å². The summed E-state index contributed by atoms with van der Waals surface area (Å²) in [5.74, 6) is -0.810. The van der Waals surface area contributed by atoms with Crippen LogP contribution < -0.4 is 10.5 Å². The van der Waals surface area contributed by atoms with E-state index in [2.05, 4.69) is 5.32 Å². The SMILES string of the molecule is CCOP(=O)(OCC)C(Nc1ccc(S(N)(=O)=O)cc1)c1ccc(Cl)cc1. The summed E-state index contributed by atoms with van der Waals surface area (Å²) in [7, 11) is -7.37. The molecule has 2 aromatic carbocycles. The normalized spacial score (nSPS) is 13.3. The van der Waals surface area contributed by atoms with Crippen LogP contribution in [0.15, 0.2) is 53.4 Å². The second kappa shape index (κ2) is 9.19. The zero-order valence-corrected chi connectivity index (χ0v) is 17.4. The lowest BCUT2D eigenvalue weighted by atomic mass is 10.2. The minimum atomic E-state index is -3.80. The van der Waals surface area contributed by atoms with Crippen molar-refractivity contribution in [3.63, 3.8) is 0 Å². The number of nitrogens with one attached hydrogen (secondary N) is 1. The van der Waals surface area contributed by atoms with Crippen molar-refractivity contribution < 1.29 is 22.0 Å². The summed E-state index contributed by atoms with van der Waals surface area (Å²) in [4.78, 5) is -0.0195. The molecule has 1 unspecified atom stereocenters. The third-order valence-electron chi connectivity index (χ3n) is 3.61. The number of benzene rings is 2. The zero-order valence-electron chi connectivity index (χ0n) is 15.0. The molecule has 3 N–H and O–H groups in total. The molecule has 1 atom stereocenters. The van der Waals surface area contributed by atoms with Crippen molar-refractivity contribution in [3.8, 4) is 0 Å². The standard InChI is InChI=1S/C17H22ClN2O5PS/c1-3-24-26(21,25-4-2)17(13-5-7-14(18)8-6-13)20-15-9-11-16(12-10-15)27(19,22)23/h5-12,17,20H,3-4H2,1-2H3,(H2,19,22,23). The lowest BCUT2D eigenvalue weighted by Crippen LogP contribution is -2.16. The highest BCUT2D eigenvalue weighted by Crippen LogP contribution is 2.60. The van der Waals surface area contributed by atoms with Crippen molar-refractivity contribution in [1.82, 2.24) is 0 Å². The maximum Gasteiger partial charge on any atom is 0.357 e. The second-order valence-electron chi connectivity index (χ2n) is 5.54. The van der Waals surface area contributed by atoms with Gasteiger partial charge in [0.25, 0.3) is 0 Å². The van der Waals surface area contributed by atoms with E-state index in [0.717, 1.165) is 0 Å². The number of rotatable bonds is 9. The predicted octanol–water partition coefficient (Wildman–Crippen LogP) is 4.36. The first-order valence-corrected chi connectivity index (χ1v) is 11.8. The highest BCUT2D eigenvalue weighted by Gasteiger charge is 2.37. The van der Waals surface area contributed by atoms with E-state index in [1.54, 1.807) is 38.1 Å². The van der Waals surface area contributed by atoms with Crippen LogP contribution in [0.2, 0.25) is 5.02 Å². The van der Waals surface area contributed by atoms with E-state index < -0.39 is 23.4 Å². The maximum atomic E-state index is 13.4. The Labute approximate surface area is 164 Å². The first-order valence-electron chi connectivity index (χ1n) is 8.23. The number of nitrogens with two attached hydrogens (primary N) is 1. The Morgan fingerprint density at radius 2 is 1.56 bits per heavy atom. The highest BCUT2D eigenvalue weighted by atomic mass is 35.5. The molecule has 0 saturated heterocycles. The lowest BCUT2D eigenvalue weighted by molar-refractivity contribution is 0.214. The van der Waals surface area contributed by atoms with E-state index in [1.807, 2.05) is 0 Å². The van der Waals surface area contributed by atoms with Crippen molar-refractivity contribution in [2.75, 3.05) is 18.5 Å². The number of sulfonamides is 1. The van der Waals surface area contributed by atoms with Gasteiger partial charge < -0.3 is 14.4 Å². The molecule has 7 nitrogen and oxygen atoms in total. The van der Waals surface area contributed by atoms with Crippen LogP contribution in [0.4, 0.5) is 5.69 Å². The van der Waals surface area contributed by atoms with Crippen molar-refractivity contribution in [1.29, 1.82) is 0 Å². The average Bonchev–Trinajstić information content (AvgIpc) is 2.60. The monoisotopic (exact) mass is 432 g/mol. The summed E-state index contributed by atoms with van der Waals surface area (Å²) in [6, 6.07) is 12.6. The van der Waals surface area contributed by atoms with Crippen LogP contribution >= 0.6 is 19.2 Å². The van der Waals surface area contributed by atoms with Gasteiger partial charge in [-0.1, -0.05) is 23.7 Å². The molecular weight excluding hydrogens is 411 g/mol. The van der Waals surface area contributed by atoms with Gasteiger partial charge in [0.05, 0.1) is 18.1 Å². The van der Waals surface area contributed by atoms with E-state index in [1.165, 1.54) is 24.3 Å². The van der Waals surface area contributed by atoms with Gasteiger partial charge in [0.2, 0.25) is 10.0 Å². The van der Waals surface area contributed by atoms with Gasteiger partial charge in [-0.25, -0.2) is 13.6 Å². The van der Waals surface area contributed by atoms with Crippen LogP contribution in [-0.2, 0) is 23.6 Å². The molecule has 148 valence electrons. The van der Waals surface area contributed by atoms with Crippen LogP contribution in [0.3, 0.4) is 0 Å². The summed E-state index contributed by atoms with van der Waals surface area (Å²) in [5, 5.41) is 8.77. The number of hydrogen-bond donors (Lipinski definition) is 2. The Balaban J connectivity index is 2.43. The summed E-state index contributed by atoms with van der Waals surface area (Å²) >= 11 is 5.95. The van der Waals surface area contributed by atoms with Crippen LogP contribution in [-0.4, -0.2) is 21.6 Å². The van der Waals surface area contributed by atoms with E-state index in [0.29, 0.717) is 16.3 Å². The summed E-state index contributed by atoms with van der Waals surface area (Å²) < 4.78 is 47.2. The molecule has 0 aliphatic carbocycles. The first kappa shape index (κ1) is 21.9. The fraction of sp³-hybridized carbons (Fsp3) is 0.294. The molecule has 0 spiro atoms. The van der Waals surface area contributed by atoms with Crippen molar-refractivity contribution >= 4 is 34.9 Å². The molecule has 0 radical (unpaired) electrons. The Morgan fingerprint density at radius 3 is 2.00 bits per heavy atom. The molecular formula is C17H22ClN2O5PS.